The first-order chi connectivity index (χ1) is 11.6. The van der Waals surface area contributed by atoms with E-state index in [0.29, 0.717) is 22.7 Å². The second-order valence-corrected chi connectivity index (χ2v) is 6.07. The van der Waals surface area contributed by atoms with Crippen molar-refractivity contribution < 1.29 is 13.6 Å². The highest BCUT2D eigenvalue weighted by atomic mass is 35.5. The Balaban J connectivity index is 2.21. The van der Waals surface area contributed by atoms with Crippen LogP contribution in [0.2, 0.25) is 5.15 Å². The topological polar surface area (TPSA) is 72.7 Å². The number of aromatic nitrogens is 4. The number of rotatable bonds is 3. The Morgan fingerprint density at radius 3 is 2.68 bits per heavy atom. The number of fused-ring (bicyclic) bond motifs is 1. The standard InChI is InChI=1S/C16H14ClF2N5O/c1-8-11-7-20-15(21-9(2)25)6-12(11)24(23-8)10-4-13(16(3,18)19)22-14(17)5-10/h4-7H,1-3H3,(H,20,21,25). The number of alkyl halides is 2. The van der Waals surface area contributed by atoms with Crippen LogP contribution in [0, 0.1) is 6.92 Å². The van der Waals surface area contributed by atoms with Gasteiger partial charge in [-0.25, -0.2) is 14.6 Å². The van der Waals surface area contributed by atoms with Gasteiger partial charge in [-0.2, -0.15) is 13.9 Å². The minimum Gasteiger partial charge on any atom is -0.311 e. The summed E-state index contributed by atoms with van der Waals surface area (Å²) in [6.45, 7) is 3.89. The van der Waals surface area contributed by atoms with Gasteiger partial charge >= 0.3 is 0 Å². The number of hydrogen-bond acceptors (Lipinski definition) is 4. The molecule has 0 bridgehead atoms. The molecule has 0 unspecified atom stereocenters. The zero-order valence-electron chi connectivity index (χ0n) is 13.6. The fourth-order valence-corrected chi connectivity index (χ4v) is 2.64. The smallest absolute Gasteiger partial charge is 0.287 e. The molecule has 3 aromatic rings. The Morgan fingerprint density at radius 1 is 1.32 bits per heavy atom. The lowest BCUT2D eigenvalue weighted by Gasteiger charge is -2.12. The number of hydrogen-bond donors (Lipinski definition) is 1. The quantitative estimate of drug-likeness (QED) is 0.715. The largest absolute Gasteiger partial charge is 0.311 e. The number of halogens is 3. The van der Waals surface area contributed by atoms with Gasteiger partial charge in [0.25, 0.3) is 5.92 Å². The van der Waals surface area contributed by atoms with Gasteiger partial charge in [0, 0.05) is 37.6 Å². The molecule has 6 nitrogen and oxygen atoms in total. The highest BCUT2D eigenvalue weighted by Crippen LogP contribution is 2.30. The van der Waals surface area contributed by atoms with Gasteiger partial charge in [0.05, 0.1) is 16.9 Å². The van der Waals surface area contributed by atoms with Crippen molar-refractivity contribution in [1.29, 1.82) is 0 Å². The van der Waals surface area contributed by atoms with Crippen LogP contribution >= 0.6 is 11.6 Å². The van der Waals surface area contributed by atoms with E-state index in [9.17, 15) is 13.6 Å². The first-order valence-electron chi connectivity index (χ1n) is 7.34. The summed E-state index contributed by atoms with van der Waals surface area (Å²) in [5.41, 5.74) is 1.15. The maximum atomic E-state index is 13.6. The number of amides is 1. The zero-order valence-corrected chi connectivity index (χ0v) is 14.4. The van der Waals surface area contributed by atoms with Gasteiger partial charge in [0.2, 0.25) is 5.91 Å². The normalized spacial score (nSPS) is 11.8. The van der Waals surface area contributed by atoms with Gasteiger partial charge < -0.3 is 5.32 Å². The first-order valence-corrected chi connectivity index (χ1v) is 7.72. The summed E-state index contributed by atoms with van der Waals surface area (Å²) < 4.78 is 28.8. The molecule has 1 amide bonds. The van der Waals surface area contributed by atoms with Crippen LogP contribution in [0.4, 0.5) is 14.6 Å². The Labute approximate surface area is 146 Å². The summed E-state index contributed by atoms with van der Waals surface area (Å²) in [5, 5.41) is 7.62. The Morgan fingerprint density at radius 2 is 2.04 bits per heavy atom. The van der Waals surface area contributed by atoms with Crippen LogP contribution in [0.15, 0.2) is 24.4 Å². The third-order valence-corrected chi connectivity index (χ3v) is 3.72. The van der Waals surface area contributed by atoms with Crippen molar-refractivity contribution >= 4 is 34.2 Å². The molecule has 3 heterocycles. The van der Waals surface area contributed by atoms with E-state index in [2.05, 4.69) is 20.4 Å². The van der Waals surface area contributed by atoms with Gasteiger partial charge in [0.1, 0.15) is 16.7 Å². The van der Waals surface area contributed by atoms with E-state index in [4.69, 9.17) is 11.6 Å². The summed E-state index contributed by atoms with van der Waals surface area (Å²) >= 11 is 5.91. The van der Waals surface area contributed by atoms with Crippen molar-refractivity contribution in [2.24, 2.45) is 0 Å². The van der Waals surface area contributed by atoms with Crippen LogP contribution in [0.1, 0.15) is 25.2 Å². The Kier molecular flexibility index (Phi) is 4.16. The first kappa shape index (κ1) is 17.2. The molecule has 25 heavy (non-hydrogen) atoms. The molecule has 0 saturated carbocycles. The molecular formula is C16H14ClF2N5O. The SMILES string of the molecule is CC(=O)Nc1cc2c(cn1)c(C)nn2-c1cc(Cl)nc(C(C)(F)F)c1. The fourth-order valence-electron chi connectivity index (χ4n) is 2.43. The predicted octanol–water partition coefficient (Wildman–Crippen LogP) is 3.85. The van der Waals surface area contributed by atoms with Crippen molar-refractivity contribution in [2.45, 2.75) is 26.7 Å². The summed E-state index contributed by atoms with van der Waals surface area (Å²) in [6, 6.07) is 4.30. The molecule has 0 atom stereocenters. The molecule has 0 aromatic carbocycles. The van der Waals surface area contributed by atoms with Crippen molar-refractivity contribution in [2.75, 3.05) is 5.32 Å². The maximum Gasteiger partial charge on any atom is 0.287 e. The van der Waals surface area contributed by atoms with Crippen LogP contribution < -0.4 is 5.32 Å². The molecule has 1 N–H and O–H groups in total. The molecule has 0 aliphatic carbocycles. The molecule has 0 aliphatic heterocycles. The lowest BCUT2D eigenvalue weighted by molar-refractivity contribution is -0.114. The number of anilines is 1. The van der Waals surface area contributed by atoms with E-state index in [0.717, 1.165) is 12.3 Å². The minimum absolute atomic E-state index is 0.0635. The van der Waals surface area contributed by atoms with E-state index in [1.807, 2.05) is 0 Å². The van der Waals surface area contributed by atoms with E-state index in [1.165, 1.54) is 23.7 Å². The molecule has 0 fully saturated rings. The zero-order chi connectivity index (χ0) is 18.4. The molecular weight excluding hydrogens is 352 g/mol. The van der Waals surface area contributed by atoms with Crippen LogP contribution in [-0.4, -0.2) is 25.7 Å². The minimum atomic E-state index is -3.14. The van der Waals surface area contributed by atoms with Crippen LogP contribution in [0.5, 0.6) is 0 Å². The third kappa shape index (κ3) is 3.43. The van der Waals surface area contributed by atoms with Crippen LogP contribution in [0.25, 0.3) is 16.6 Å². The lowest BCUT2D eigenvalue weighted by atomic mass is 10.2. The fraction of sp³-hybridized carbons (Fsp3) is 0.250. The monoisotopic (exact) mass is 365 g/mol. The van der Waals surface area contributed by atoms with Crippen molar-refractivity contribution in [3.05, 3.63) is 40.9 Å². The van der Waals surface area contributed by atoms with E-state index >= 15 is 0 Å². The Hall–Kier alpha value is -2.61. The van der Waals surface area contributed by atoms with Gasteiger partial charge in [0.15, 0.2) is 0 Å². The van der Waals surface area contributed by atoms with E-state index in [1.54, 1.807) is 19.2 Å². The molecule has 0 aliphatic rings. The van der Waals surface area contributed by atoms with Gasteiger partial charge in [-0.05, 0) is 13.0 Å². The molecule has 3 rings (SSSR count). The molecule has 0 radical (unpaired) electrons. The molecule has 9 heteroatoms. The number of nitrogens with zero attached hydrogens (tertiary/aromatic N) is 4. The van der Waals surface area contributed by atoms with Gasteiger partial charge in [-0.15, -0.1) is 0 Å². The second kappa shape index (κ2) is 6.03. The summed E-state index contributed by atoms with van der Waals surface area (Å²) in [5.74, 6) is -3.07. The van der Waals surface area contributed by atoms with E-state index in [-0.39, 0.29) is 11.1 Å². The number of carbonyl (C=O) groups is 1. The molecule has 130 valence electrons. The summed E-state index contributed by atoms with van der Waals surface area (Å²) in [4.78, 5) is 19.1. The summed E-state index contributed by atoms with van der Waals surface area (Å²) in [6.07, 6.45) is 1.57. The summed E-state index contributed by atoms with van der Waals surface area (Å²) in [7, 11) is 0. The number of aryl methyl sites for hydroxylation is 1. The third-order valence-electron chi connectivity index (χ3n) is 3.53. The van der Waals surface area contributed by atoms with Gasteiger partial charge in [-0.1, -0.05) is 11.6 Å². The van der Waals surface area contributed by atoms with Crippen LogP contribution in [-0.2, 0) is 10.7 Å². The number of nitrogens with one attached hydrogen (secondary N) is 1. The highest BCUT2D eigenvalue weighted by Gasteiger charge is 2.27. The number of pyridine rings is 2. The average molecular weight is 366 g/mol. The van der Waals surface area contributed by atoms with Gasteiger partial charge in [-0.3, -0.25) is 4.79 Å². The molecule has 0 spiro atoms. The lowest BCUT2D eigenvalue weighted by Crippen LogP contribution is -2.11. The van der Waals surface area contributed by atoms with E-state index < -0.39 is 11.6 Å². The Bertz CT molecular complexity index is 981. The maximum absolute atomic E-state index is 13.6. The second-order valence-electron chi connectivity index (χ2n) is 5.69. The predicted molar refractivity (Wildman–Crippen MR) is 90.3 cm³/mol. The van der Waals surface area contributed by atoms with Crippen molar-refractivity contribution in [1.82, 2.24) is 19.7 Å². The highest BCUT2D eigenvalue weighted by molar-refractivity contribution is 6.29. The number of carbonyl (C=O) groups excluding carboxylic acids is 1. The van der Waals surface area contributed by atoms with Crippen molar-refractivity contribution in [3.8, 4) is 5.69 Å². The average Bonchev–Trinajstić information content (AvgIpc) is 2.82. The molecule has 0 saturated heterocycles. The van der Waals surface area contributed by atoms with Crippen LogP contribution in [0.3, 0.4) is 0 Å². The molecule has 3 aromatic heterocycles. The van der Waals surface area contributed by atoms with Crippen molar-refractivity contribution in [3.63, 3.8) is 0 Å².